The minimum absolute atomic E-state index is 0.00808. The molecule has 8 nitrogen and oxygen atoms in total. The van der Waals surface area contributed by atoms with Crippen LogP contribution in [-0.4, -0.2) is 71.1 Å². The third-order valence-electron chi connectivity index (χ3n) is 8.75. The van der Waals surface area contributed by atoms with Gasteiger partial charge in [-0.1, -0.05) is 24.3 Å². The number of sulfone groups is 1. The quantitative estimate of drug-likeness (QED) is 0.336. The topological polar surface area (TPSA) is 97.3 Å². The molecule has 0 spiro atoms. The molecule has 3 aliphatic rings. The fourth-order valence-corrected chi connectivity index (χ4v) is 8.33. The molecule has 1 aromatic carbocycles. The number of pyridine rings is 1. The number of benzene rings is 1. The monoisotopic (exact) mass is 595 g/mol. The van der Waals surface area contributed by atoms with Crippen molar-refractivity contribution in [1.82, 2.24) is 19.9 Å². The first-order valence-electron chi connectivity index (χ1n) is 14.5. The largest absolute Gasteiger partial charge is 0.461 e. The molecule has 11 heteroatoms. The fraction of sp³-hybridized carbons (Fsp3) is 0.452. The summed E-state index contributed by atoms with van der Waals surface area (Å²) in [4.78, 5) is 16.0. The van der Waals surface area contributed by atoms with Gasteiger partial charge in [0, 0.05) is 23.4 Å². The number of nitrogens with zero attached hydrogens (tertiary/aromatic N) is 4. The molecule has 1 N–H and O–H groups in total. The first-order valence-corrected chi connectivity index (χ1v) is 16.3. The Morgan fingerprint density at radius 2 is 2.02 bits per heavy atom. The second kappa shape index (κ2) is 11.3. The van der Waals surface area contributed by atoms with Gasteiger partial charge >= 0.3 is 6.01 Å². The summed E-state index contributed by atoms with van der Waals surface area (Å²) in [5.74, 6) is -0.921. The van der Waals surface area contributed by atoms with Gasteiger partial charge < -0.3 is 10.1 Å². The Kier molecular flexibility index (Phi) is 7.74. The van der Waals surface area contributed by atoms with Crippen molar-refractivity contribution in [2.24, 2.45) is 0 Å². The molecule has 3 saturated heterocycles. The van der Waals surface area contributed by atoms with E-state index in [9.17, 15) is 8.42 Å². The summed E-state index contributed by atoms with van der Waals surface area (Å²) >= 11 is 0. The predicted octanol–water partition coefficient (Wildman–Crippen LogP) is 5.23. The summed E-state index contributed by atoms with van der Waals surface area (Å²) in [6.45, 7) is 7.96. The van der Waals surface area contributed by atoms with E-state index in [1.165, 1.54) is 12.3 Å². The van der Waals surface area contributed by atoms with Crippen molar-refractivity contribution in [3.05, 3.63) is 71.6 Å². The van der Waals surface area contributed by atoms with Crippen LogP contribution >= 0.6 is 0 Å². The van der Waals surface area contributed by atoms with Gasteiger partial charge in [-0.2, -0.15) is 9.97 Å². The van der Waals surface area contributed by atoms with Gasteiger partial charge in [-0.3, -0.25) is 9.88 Å². The van der Waals surface area contributed by atoms with Gasteiger partial charge in [0.1, 0.15) is 29.5 Å². The Balaban J connectivity index is 1.44. The lowest BCUT2D eigenvalue weighted by Gasteiger charge is -2.31. The maximum atomic E-state index is 16.5. The second-order valence-electron chi connectivity index (χ2n) is 11.6. The van der Waals surface area contributed by atoms with Crippen molar-refractivity contribution in [3.8, 4) is 6.01 Å². The van der Waals surface area contributed by atoms with E-state index in [1.807, 2.05) is 0 Å². The van der Waals surface area contributed by atoms with Crippen molar-refractivity contribution >= 4 is 32.1 Å². The molecule has 0 saturated carbocycles. The molecule has 0 amide bonds. The maximum Gasteiger partial charge on any atom is 0.319 e. The molecular weight excluding hydrogens is 560 g/mol. The van der Waals surface area contributed by atoms with E-state index in [0.29, 0.717) is 36.0 Å². The zero-order valence-electron chi connectivity index (χ0n) is 23.7. The minimum atomic E-state index is -3.17. The minimum Gasteiger partial charge on any atom is -0.461 e. The Morgan fingerprint density at radius 1 is 1.24 bits per heavy atom. The van der Waals surface area contributed by atoms with E-state index in [0.717, 1.165) is 38.8 Å². The molecule has 222 valence electrons. The molecular formula is C31H35F2N5O3S. The highest BCUT2D eigenvalue weighted by Crippen LogP contribution is 2.39. The highest BCUT2D eigenvalue weighted by Gasteiger charge is 2.45. The van der Waals surface area contributed by atoms with E-state index in [2.05, 4.69) is 31.7 Å². The van der Waals surface area contributed by atoms with E-state index in [4.69, 9.17) is 4.74 Å². The summed E-state index contributed by atoms with van der Waals surface area (Å²) in [6, 6.07) is 4.33. The molecule has 0 aliphatic carbocycles. The average molecular weight is 596 g/mol. The smallest absolute Gasteiger partial charge is 0.319 e. The number of hydrogen-bond donors (Lipinski definition) is 1. The van der Waals surface area contributed by atoms with Crippen molar-refractivity contribution in [2.45, 2.75) is 57.0 Å². The van der Waals surface area contributed by atoms with Gasteiger partial charge in [0.05, 0.1) is 22.4 Å². The Morgan fingerprint density at radius 3 is 2.71 bits per heavy atom. The van der Waals surface area contributed by atoms with E-state index < -0.39 is 21.5 Å². The number of nitrogens with one attached hydrogen (secondary N) is 1. The van der Waals surface area contributed by atoms with Gasteiger partial charge in [-0.25, -0.2) is 17.2 Å². The summed E-state index contributed by atoms with van der Waals surface area (Å²) in [6.07, 6.45) is 9.84. The molecule has 3 aliphatic heterocycles. The Bertz CT molecular complexity index is 1650. The van der Waals surface area contributed by atoms with Crippen LogP contribution in [0.15, 0.2) is 43.1 Å². The fourth-order valence-electron chi connectivity index (χ4n) is 6.65. The van der Waals surface area contributed by atoms with Gasteiger partial charge in [0.25, 0.3) is 0 Å². The lowest BCUT2D eigenvalue weighted by molar-refractivity contribution is 0.108. The van der Waals surface area contributed by atoms with Crippen LogP contribution in [0.2, 0.25) is 0 Å². The first kappa shape index (κ1) is 28.7. The van der Waals surface area contributed by atoms with Gasteiger partial charge in [0.2, 0.25) is 0 Å². The second-order valence-corrected chi connectivity index (χ2v) is 13.8. The number of rotatable bonds is 9. The summed E-state index contributed by atoms with van der Waals surface area (Å²) in [5, 5.41) is 3.49. The highest BCUT2D eigenvalue weighted by atomic mass is 32.2. The maximum absolute atomic E-state index is 16.5. The van der Waals surface area contributed by atoms with Crippen molar-refractivity contribution in [3.63, 3.8) is 0 Å². The number of hydrogen-bond acceptors (Lipinski definition) is 8. The lowest BCUT2D eigenvalue weighted by Crippen LogP contribution is -2.43. The van der Waals surface area contributed by atoms with Crippen LogP contribution in [0, 0.1) is 18.6 Å². The van der Waals surface area contributed by atoms with Crippen molar-refractivity contribution in [1.29, 1.82) is 0 Å². The van der Waals surface area contributed by atoms with Crippen LogP contribution in [0.25, 0.3) is 16.5 Å². The average Bonchev–Trinajstić information content (AvgIpc) is 3.63. The highest BCUT2D eigenvalue weighted by molar-refractivity contribution is 7.91. The molecule has 5 heterocycles. The van der Waals surface area contributed by atoms with Crippen LogP contribution in [0.5, 0.6) is 6.01 Å². The summed E-state index contributed by atoms with van der Waals surface area (Å²) in [7, 11) is -3.17. The SMILES string of the molecule is C=CC/C=C(/c1ncc2c(NC3CCS(=O)(=O)C3)nc(OCC34CCCN3CCC4)nc2c1F)c1c(C)cccc1F. The first-order chi connectivity index (χ1) is 20.2. The van der Waals surface area contributed by atoms with E-state index in [-0.39, 0.29) is 51.7 Å². The standard InChI is InChI=1S/C31H35F2N5O3S/c1-3-4-9-22(25-20(2)8-5-10-24(25)32)27-26(33)28-23(17-34-27)29(35-21-11-16-42(39,40)18-21)37-30(36-28)41-19-31-12-6-14-38(31)15-7-13-31/h3,5,8-10,17,21H,1,4,6-7,11-16,18-19H2,2H3,(H,35,36,37)/b22-9+. The Hall–Kier alpha value is -3.44. The van der Waals surface area contributed by atoms with Crippen molar-refractivity contribution in [2.75, 3.05) is 36.5 Å². The molecule has 42 heavy (non-hydrogen) atoms. The molecule has 1 atom stereocenters. The Labute approximate surface area is 244 Å². The van der Waals surface area contributed by atoms with Crippen LogP contribution in [0.1, 0.15) is 55.3 Å². The lowest BCUT2D eigenvalue weighted by atomic mass is 9.95. The third kappa shape index (κ3) is 5.40. The molecule has 3 aromatic rings. The number of aryl methyl sites for hydroxylation is 1. The van der Waals surface area contributed by atoms with Crippen LogP contribution in [0.3, 0.4) is 0 Å². The van der Waals surface area contributed by atoms with Crippen molar-refractivity contribution < 1.29 is 21.9 Å². The number of fused-ring (bicyclic) bond motifs is 2. The zero-order valence-corrected chi connectivity index (χ0v) is 24.5. The molecule has 1 unspecified atom stereocenters. The number of allylic oxidation sites excluding steroid dienone is 2. The van der Waals surface area contributed by atoms with Crippen LogP contribution in [0.4, 0.5) is 14.6 Å². The molecule has 6 rings (SSSR count). The van der Waals surface area contributed by atoms with E-state index >= 15 is 8.78 Å². The molecule has 2 aromatic heterocycles. The number of aromatic nitrogens is 3. The summed E-state index contributed by atoms with van der Waals surface area (Å²) < 4.78 is 62.1. The number of ether oxygens (including phenoxy) is 1. The van der Waals surface area contributed by atoms with Crippen LogP contribution < -0.4 is 10.1 Å². The van der Waals surface area contributed by atoms with Crippen LogP contribution in [-0.2, 0) is 9.84 Å². The molecule has 3 fully saturated rings. The van der Waals surface area contributed by atoms with Gasteiger partial charge in [-0.15, -0.1) is 6.58 Å². The summed E-state index contributed by atoms with van der Waals surface area (Å²) in [5.41, 5.74) is 1.05. The normalized spacial score (nSPS) is 21.5. The van der Waals surface area contributed by atoms with E-state index in [1.54, 1.807) is 31.2 Å². The molecule has 0 bridgehead atoms. The predicted molar refractivity (Wildman–Crippen MR) is 159 cm³/mol. The van der Waals surface area contributed by atoms with Gasteiger partial charge in [-0.05, 0) is 70.2 Å². The zero-order chi connectivity index (χ0) is 29.5. The third-order valence-corrected chi connectivity index (χ3v) is 10.5. The number of halogens is 2. The number of anilines is 1. The van der Waals surface area contributed by atoms with Gasteiger partial charge in [0.15, 0.2) is 15.7 Å². The molecule has 0 radical (unpaired) electrons.